The molecule has 2 rings (SSSR count). The summed E-state index contributed by atoms with van der Waals surface area (Å²) in [6.07, 6.45) is 2.38. The zero-order valence-corrected chi connectivity index (χ0v) is 12.7. The first-order valence-corrected chi connectivity index (χ1v) is 8.28. The number of hydrogen-bond acceptors (Lipinski definition) is 3. The van der Waals surface area contributed by atoms with Crippen molar-refractivity contribution in [3.05, 3.63) is 0 Å². The van der Waals surface area contributed by atoms with Crippen molar-refractivity contribution in [1.29, 1.82) is 0 Å². The Morgan fingerprint density at radius 2 is 2.22 bits per heavy atom. The van der Waals surface area contributed by atoms with E-state index in [1.165, 1.54) is 12.8 Å². The molecule has 0 aromatic rings. The fraction of sp³-hybridized carbons (Fsp3) is 0.929. The van der Waals surface area contributed by atoms with Crippen molar-refractivity contribution in [2.45, 2.75) is 39.7 Å². The van der Waals surface area contributed by atoms with Crippen LogP contribution in [0.1, 0.15) is 33.6 Å². The molecule has 0 aromatic heterocycles. The quantitative estimate of drug-likeness (QED) is 0.833. The minimum Gasteiger partial charge on any atom is -0.338 e. The van der Waals surface area contributed by atoms with Crippen molar-refractivity contribution in [3.63, 3.8) is 0 Å². The Labute approximate surface area is 115 Å². The van der Waals surface area contributed by atoms with Crippen molar-refractivity contribution in [2.75, 3.05) is 31.1 Å². The second-order valence-corrected chi connectivity index (χ2v) is 7.34. The van der Waals surface area contributed by atoms with Crippen molar-refractivity contribution in [1.82, 2.24) is 10.2 Å². The van der Waals surface area contributed by atoms with E-state index in [1.807, 2.05) is 11.8 Å². The molecule has 2 fully saturated rings. The summed E-state index contributed by atoms with van der Waals surface area (Å²) in [5, 5.41) is 3.44. The zero-order valence-electron chi connectivity index (χ0n) is 11.9. The van der Waals surface area contributed by atoms with Crippen LogP contribution in [-0.4, -0.2) is 48.0 Å². The number of carbonyl (C=O) groups excluding carboxylic acids is 1. The highest BCUT2D eigenvalue weighted by molar-refractivity contribution is 7.99. The van der Waals surface area contributed by atoms with Crippen molar-refractivity contribution in [2.24, 2.45) is 11.3 Å². The van der Waals surface area contributed by atoms with Gasteiger partial charge in [-0.2, -0.15) is 11.8 Å². The van der Waals surface area contributed by atoms with Gasteiger partial charge >= 0.3 is 0 Å². The Balaban J connectivity index is 2.05. The molecule has 2 saturated heterocycles. The molecule has 0 bridgehead atoms. The van der Waals surface area contributed by atoms with Gasteiger partial charge in [0.05, 0.1) is 0 Å². The van der Waals surface area contributed by atoms with Crippen molar-refractivity contribution in [3.8, 4) is 0 Å². The monoisotopic (exact) mass is 270 g/mol. The van der Waals surface area contributed by atoms with E-state index in [1.54, 1.807) is 0 Å². The largest absolute Gasteiger partial charge is 0.338 e. The number of piperidine rings is 1. The van der Waals surface area contributed by atoms with Crippen LogP contribution < -0.4 is 5.32 Å². The first-order valence-electron chi connectivity index (χ1n) is 7.13. The molecule has 18 heavy (non-hydrogen) atoms. The maximum atomic E-state index is 12.8. The molecule has 2 aliphatic rings. The highest BCUT2D eigenvalue weighted by Gasteiger charge is 2.41. The van der Waals surface area contributed by atoms with Crippen LogP contribution in [0.5, 0.6) is 0 Å². The Morgan fingerprint density at radius 3 is 2.83 bits per heavy atom. The average molecular weight is 270 g/mol. The first-order chi connectivity index (χ1) is 8.53. The van der Waals surface area contributed by atoms with E-state index in [0.717, 1.165) is 31.1 Å². The van der Waals surface area contributed by atoms with Crippen LogP contribution in [0.15, 0.2) is 0 Å². The van der Waals surface area contributed by atoms with E-state index >= 15 is 0 Å². The minimum absolute atomic E-state index is 0.219. The summed E-state index contributed by atoms with van der Waals surface area (Å²) in [5.74, 6) is 3.03. The molecule has 2 atom stereocenters. The molecule has 2 aliphatic heterocycles. The average Bonchev–Trinajstić information content (AvgIpc) is 2.39. The molecule has 0 spiro atoms. The van der Waals surface area contributed by atoms with Gasteiger partial charge in [-0.25, -0.2) is 0 Å². The van der Waals surface area contributed by atoms with Crippen LogP contribution in [0.3, 0.4) is 0 Å². The third kappa shape index (κ3) is 2.85. The van der Waals surface area contributed by atoms with Crippen LogP contribution in [0.4, 0.5) is 0 Å². The van der Waals surface area contributed by atoms with Crippen LogP contribution >= 0.6 is 11.8 Å². The molecule has 3 nitrogen and oxygen atoms in total. The van der Waals surface area contributed by atoms with Crippen LogP contribution in [0.25, 0.3) is 0 Å². The summed E-state index contributed by atoms with van der Waals surface area (Å²) in [6.45, 7) is 9.49. The predicted molar refractivity (Wildman–Crippen MR) is 77.9 cm³/mol. The fourth-order valence-corrected chi connectivity index (χ4v) is 4.05. The molecule has 2 unspecified atom stereocenters. The second kappa shape index (κ2) is 5.83. The molecular weight excluding hydrogens is 244 g/mol. The summed E-state index contributed by atoms with van der Waals surface area (Å²) in [7, 11) is 0. The Hall–Kier alpha value is -0.220. The van der Waals surface area contributed by atoms with Gasteiger partial charge in [-0.15, -0.1) is 0 Å². The van der Waals surface area contributed by atoms with Crippen LogP contribution in [0.2, 0.25) is 0 Å². The number of thioether (sulfide) groups is 1. The lowest BCUT2D eigenvalue weighted by molar-refractivity contribution is -0.145. The Bertz CT molecular complexity index is 300. The van der Waals surface area contributed by atoms with Gasteiger partial charge in [0.25, 0.3) is 0 Å². The molecule has 104 valence electrons. The topological polar surface area (TPSA) is 32.3 Å². The molecule has 0 saturated carbocycles. The number of carbonyl (C=O) groups is 1. The summed E-state index contributed by atoms with van der Waals surface area (Å²) in [6, 6.07) is 0.395. The van der Waals surface area contributed by atoms with E-state index in [4.69, 9.17) is 0 Å². The number of rotatable bonds is 2. The van der Waals surface area contributed by atoms with Gasteiger partial charge in [-0.1, -0.05) is 13.8 Å². The van der Waals surface area contributed by atoms with Gasteiger partial charge in [-0.05, 0) is 38.8 Å². The zero-order chi connectivity index (χ0) is 13.2. The smallest absolute Gasteiger partial charge is 0.228 e. The molecule has 1 amide bonds. The maximum Gasteiger partial charge on any atom is 0.228 e. The molecule has 0 radical (unpaired) electrons. The number of hydrogen-bond donors (Lipinski definition) is 1. The fourth-order valence-electron chi connectivity index (χ4n) is 3.04. The van der Waals surface area contributed by atoms with Crippen LogP contribution in [0, 0.1) is 11.3 Å². The van der Waals surface area contributed by atoms with Gasteiger partial charge in [0.15, 0.2) is 0 Å². The third-order valence-corrected chi connectivity index (χ3v) is 5.69. The lowest BCUT2D eigenvalue weighted by Gasteiger charge is -2.43. The second-order valence-electron chi connectivity index (χ2n) is 6.19. The van der Waals surface area contributed by atoms with E-state index in [9.17, 15) is 4.79 Å². The van der Waals surface area contributed by atoms with Gasteiger partial charge in [0, 0.05) is 29.5 Å². The third-order valence-electron chi connectivity index (χ3n) is 4.50. The maximum absolute atomic E-state index is 12.8. The van der Waals surface area contributed by atoms with Gasteiger partial charge in [0.1, 0.15) is 0 Å². The predicted octanol–water partition coefficient (Wildman–Crippen LogP) is 1.98. The first kappa shape index (κ1) is 14.2. The summed E-state index contributed by atoms with van der Waals surface area (Å²) in [5.41, 5.74) is -0.219. The molecule has 4 heteroatoms. The summed E-state index contributed by atoms with van der Waals surface area (Å²) < 4.78 is 0. The van der Waals surface area contributed by atoms with Crippen LogP contribution in [-0.2, 0) is 4.79 Å². The SMILES string of the molecule is CC1CSCCN1C(=O)C(C)(C)C1CCCNC1. The number of amides is 1. The Kier molecular flexibility index (Phi) is 4.59. The molecule has 2 heterocycles. The van der Waals surface area contributed by atoms with Gasteiger partial charge < -0.3 is 10.2 Å². The van der Waals surface area contributed by atoms with Crippen molar-refractivity contribution >= 4 is 17.7 Å². The number of nitrogens with one attached hydrogen (secondary N) is 1. The number of nitrogens with zero attached hydrogens (tertiary/aromatic N) is 1. The van der Waals surface area contributed by atoms with E-state index in [2.05, 4.69) is 31.0 Å². The minimum atomic E-state index is -0.219. The molecule has 0 aromatic carbocycles. The normalized spacial score (nSPS) is 30.3. The lowest BCUT2D eigenvalue weighted by Crippen LogP contribution is -2.53. The molecular formula is C14H26N2OS. The summed E-state index contributed by atoms with van der Waals surface area (Å²) >= 11 is 1.96. The van der Waals surface area contributed by atoms with E-state index in [-0.39, 0.29) is 5.41 Å². The lowest BCUT2D eigenvalue weighted by atomic mass is 9.74. The van der Waals surface area contributed by atoms with E-state index < -0.39 is 0 Å². The molecule has 1 N–H and O–H groups in total. The highest BCUT2D eigenvalue weighted by atomic mass is 32.2. The van der Waals surface area contributed by atoms with E-state index in [0.29, 0.717) is 17.9 Å². The standard InChI is InChI=1S/C14H26N2OS/c1-11-10-18-8-7-16(11)13(17)14(2,3)12-5-4-6-15-9-12/h11-12,15H,4-10H2,1-3H3. The Morgan fingerprint density at radius 1 is 1.44 bits per heavy atom. The molecule has 0 aliphatic carbocycles. The van der Waals surface area contributed by atoms with Gasteiger partial charge in [0.2, 0.25) is 5.91 Å². The van der Waals surface area contributed by atoms with Crippen molar-refractivity contribution < 1.29 is 4.79 Å². The highest BCUT2D eigenvalue weighted by Crippen LogP contribution is 2.35. The summed E-state index contributed by atoms with van der Waals surface area (Å²) in [4.78, 5) is 14.9. The van der Waals surface area contributed by atoms with Gasteiger partial charge in [-0.3, -0.25) is 4.79 Å².